The van der Waals surface area contributed by atoms with E-state index in [2.05, 4.69) is 24.1 Å². The van der Waals surface area contributed by atoms with Gasteiger partial charge in [-0.15, -0.1) is 12.4 Å². The van der Waals surface area contributed by atoms with Crippen LogP contribution in [0.4, 0.5) is 5.69 Å². The van der Waals surface area contributed by atoms with E-state index in [1.807, 2.05) is 24.3 Å². The summed E-state index contributed by atoms with van der Waals surface area (Å²) in [5.41, 5.74) is 7.15. The summed E-state index contributed by atoms with van der Waals surface area (Å²) in [5, 5.41) is 2.75. The second-order valence-corrected chi connectivity index (χ2v) is 3.76. The lowest BCUT2D eigenvalue weighted by Crippen LogP contribution is -2.29. The molecule has 0 saturated carbocycles. The number of nitrogens with zero attached hydrogens (tertiary/aromatic N) is 1. The molecule has 18 heavy (non-hydrogen) atoms. The van der Waals surface area contributed by atoms with Gasteiger partial charge in [-0.25, -0.2) is 0 Å². The monoisotopic (exact) mass is 271 g/mol. The van der Waals surface area contributed by atoms with Crippen LogP contribution in [0, 0.1) is 0 Å². The van der Waals surface area contributed by atoms with Crippen molar-refractivity contribution in [1.29, 1.82) is 0 Å². The number of carbonyl (C=O) groups excluding carboxylic acids is 1. The number of nitrogens with one attached hydrogen (secondary N) is 1. The van der Waals surface area contributed by atoms with Gasteiger partial charge in [-0.2, -0.15) is 0 Å². The van der Waals surface area contributed by atoms with E-state index in [1.165, 1.54) is 0 Å². The first-order valence-electron chi connectivity index (χ1n) is 6.06. The van der Waals surface area contributed by atoms with Crippen molar-refractivity contribution in [3.05, 3.63) is 29.8 Å². The van der Waals surface area contributed by atoms with Crippen LogP contribution in [-0.4, -0.2) is 32.1 Å². The number of nitrogens with two attached hydrogens (primary N) is 1. The molecule has 0 spiro atoms. The summed E-state index contributed by atoms with van der Waals surface area (Å²) < 4.78 is 0. The highest BCUT2D eigenvalue weighted by molar-refractivity contribution is 5.94. The first-order chi connectivity index (χ1) is 8.22. The summed E-state index contributed by atoms with van der Waals surface area (Å²) in [6, 6.07) is 7.65. The molecule has 0 aliphatic carbocycles. The van der Waals surface area contributed by atoms with Crippen molar-refractivity contribution in [2.24, 2.45) is 5.73 Å². The van der Waals surface area contributed by atoms with Gasteiger partial charge >= 0.3 is 0 Å². The van der Waals surface area contributed by atoms with E-state index >= 15 is 0 Å². The molecular formula is C13H22ClN3O. The molecule has 0 unspecified atom stereocenters. The van der Waals surface area contributed by atoms with E-state index < -0.39 is 0 Å². The van der Waals surface area contributed by atoms with Gasteiger partial charge in [0.1, 0.15) is 0 Å². The second-order valence-electron chi connectivity index (χ2n) is 3.76. The van der Waals surface area contributed by atoms with Crippen molar-refractivity contribution in [2.75, 3.05) is 31.1 Å². The van der Waals surface area contributed by atoms with Crippen LogP contribution in [0.25, 0.3) is 0 Å². The predicted octanol–water partition coefficient (Wildman–Crippen LogP) is 1.64. The smallest absolute Gasteiger partial charge is 0.251 e. The molecule has 3 N–H and O–H groups in total. The zero-order valence-electron chi connectivity index (χ0n) is 11.0. The van der Waals surface area contributed by atoms with Gasteiger partial charge < -0.3 is 16.0 Å². The van der Waals surface area contributed by atoms with Crippen LogP contribution in [0.3, 0.4) is 0 Å². The maximum absolute atomic E-state index is 11.6. The van der Waals surface area contributed by atoms with E-state index in [1.54, 1.807) is 0 Å². The Kier molecular flexibility index (Phi) is 8.16. The number of anilines is 1. The molecule has 0 bridgehead atoms. The number of rotatable bonds is 6. The van der Waals surface area contributed by atoms with Crippen LogP contribution in [0.5, 0.6) is 0 Å². The van der Waals surface area contributed by atoms with Crippen molar-refractivity contribution >= 4 is 24.0 Å². The fourth-order valence-corrected chi connectivity index (χ4v) is 1.70. The van der Waals surface area contributed by atoms with Crippen molar-refractivity contribution in [3.63, 3.8) is 0 Å². The van der Waals surface area contributed by atoms with Crippen LogP contribution in [0.2, 0.25) is 0 Å². The van der Waals surface area contributed by atoms with Crippen molar-refractivity contribution in [3.8, 4) is 0 Å². The Morgan fingerprint density at radius 3 is 2.22 bits per heavy atom. The van der Waals surface area contributed by atoms with E-state index in [0.29, 0.717) is 18.7 Å². The Morgan fingerprint density at radius 2 is 1.78 bits per heavy atom. The Labute approximate surface area is 115 Å². The first kappa shape index (κ1) is 16.7. The maximum Gasteiger partial charge on any atom is 0.251 e. The fraction of sp³-hybridized carbons (Fsp3) is 0.462. The van der Waals surface area contributed by atoms with Gasteiger partial charge in [-0.3, -0.25) is 4.79 Å². The largest absolute Gasteiger partial charge is 0.372 e. The summed E-state index contributed by atoms with van der Waals surface area (Å²) in [6.45, 7) is 7.14. The minimum atomic E-state index is -0.0680. The minimum Gasteiger partial charge on any atom is -0.372 e. The van der Waals surface area contributed by atoms with Gasteiger partial charge in [0.15, 0.2) is 0 Å². The van der Waals surface area contributed by atoms with Crippen LogP contribution in [0.15, 0.2) is 24.3 Å². The molecule has 1 rings (SSSR count). The number of benzene rings is 1. The molecule has 1 aromatic rings. The third-order valence-electron chi connectivity index (χ3n) is 2.69. The molecule has 1 aromatic carbocycles. The average Bonchev–Trinajstić information content (AvgIpc) is 2.38. The van der Waals surface area contributed by atoms with Gasteiger partial charge in [0.2, 0.25) is 0 Å². The van der Waals surface area contributed by atoms with E-state index in [4.69, 9.17) is 5.73 Å². The number of hydrogen-bond donors (Lipinski definition) is 2. The molecule has 0 aliphatic rings. The molecule has 5 heteroatoms. The molecule has 1 amide bonds. The molecule has 4 nitrogen and oxygen atoms in total. The second kappa shape index (κ2) is 8.78. The predicted molar refractivity (Wildman–Crippen MR) is 78.6 cm³/mol. The number of hydrogen-bond acceptors (Lipinski definition) is 3. The van der Waals surface area contributed by atoms with E-state index in [-0.39, 0.29) is 18.3 Å². The normalized spacial score (nSPS) is 9.50. The van der Waals surface area contributed by atoms with Crippen LogP contribution < -0.4 is 16.0 Å². The fourth-order valence-electron chi connectivity index (χ4n) is 1.70. The van der Waals surface area contributed by atoms with Crippen molar-refractivity contribution in [1.82, 2.24) is 5.32 Å². The molecule has 102 valence electrons. The third-order valence-corrected chi connectivity index (χ3v) is 2.69. The molecule has 0 aromatic heterocycles. The van der Waals surface area contributed by atoms with Crippen LogP contribution in [-0.2, 0) is 0 Å². The third kappa shape index (κ3) is 4.55. The summed E-state index contributed by atoms with van der Waals surface area (Å²) >= 11 is 0. The highest BCUT2D eigenvalue weighted by Gasteiger charge is 2.06. The van der Waals surface area contributed by atoms with Gasteiger partial charge in [-0.1, -0.05) is 0 Å². The highest BCUT2D eigenvalue weighted by Crippen LogP contribution is 2.14. The van der Waals surface area contributed by atoms with E-state index in [9.17, 15) is 4.79 Å². The molecule has 0 radical (unpaired) electrons. The van der Waals surface area contributed by atoms with Gasteiger partial charge in [0.05, 0.1) is 0 Å². The van der Waals surface area contributed by atoms with Gasteiger partial charge in [0, 0.05) is 37.4 Å². The Balaban J connectivity index is 0.00000289. The molecule has 0 fully saturated rings. The first-order valence-corrected chi connectivity index (χ1v) is 6.06. The minimum absolute atomic E-state index is 0. The zero-order chi connectivity index (χ0) is 12.7. The lowest BCUT2D eigenvalue weighted by Gasteiger charge is -2.21. The summed E-state index contributed by atoms with van der Waals surface area (Å²) in [6.07, 6.45) is 0. The standard InChI is InChI=1S/C13H21N3O.ClH/c1-3-16(4-2)12-7-5-11(6-8-12)13(17)15-10-9-14;/h5-8H,3-4,9-10,14H2,1-2H3,(H,15,17);1H. The number of halogens is 1. The van der Waals surface area contributed by atoms with Crippen molar-refractivity contribution < 1.29 is 4.79 Å². The SMILES string of the molecule is CCN(CC)c1ccc(C(=O)NCCN)cc1.Cl. The molecule has 0 atom stereocenters. The maximum atomic E-state index is 11.6. The van der Waals surface area contributed by atoms with Gasteiger partial charge in [-0.05, 0) is 38.1 Å². The summed E-state index contributed by atoms with van der Waals surface area (Å²) in [7, 11) is 0. The topological polar surface area (TPSA) is 58.4 Å². The molecular weight excluding hydrogens is 250 g/mol. The van der Waals surface area contributed by atoms with Crippen LogP contribution in [0.1, 0.15) is 24.2 Å². The lowest BCUT2D eigenvalue weighted by molar-refractivity contribution is 0.0955. The summed E-state index contributed by atoms with van der Waals surface area (Å²) in [4.78, 5) is 13.9. The zero-order valence-corrected chi connectivity index (χ0v) is 11.8. The Bertz CT molecular complexity index is 350. The molecule has 0 heterocycles. The van der Waals surface area contributed by atoms with Crippen LogP contribution >= 0.6 is 12.4 Å². The Hall–Kier alpha value is -1.26. The highest BCUT2D eigenvalue weighted by atomic mass is 35.5. The lowest BCUT2D eigenvalue weighted by atomic mass is 10.2. The molecule has 0 saturated heterocycles. The molecule has 0 aliphatic heterocycles. The Morgan fingerprint density at radius 1 is 1.22 bits per heavy atom. The van der Waals surface area contributed by atoms with Gasteiger partial charge in [0.25, 0.3) is 5.91 Å². The number of carbonyl (C=O) groups is 1. The summed E-state index contributed by atoms with van der Waals surface area (Å²) in [5.74, 6) is -0.0680. The quantitative estimate of drug-likeness (QED) is 0.827. The number of amides is 1. The average molecular weight is 272 g/mol. The van der Waals surface area contributed by atoms with Crippen molar-refractivity contribution in [2.45, 2.75) is 13.8 Å². The van der Waals surface area contributed by atoms with E-state index in [0.717, 1.165) is 18.8 Å².